The van der Waals surface area contributed by atoms with E-state index in [1.807, 2.05) is 48.5 Å². The van der Waals surface area contributed by atoms with Crippen LogP contribution in [0, 0.1) is 12.8 Å². The van der Waals surface area contributed by atoms with E-state index >= 15 is 0 Å². The number of hydrogen-bond acceptors (Lipinski definition) is 2. The summed E-state index contributed by atoms with van der Waals surface area (Å²) in [5.41, 5.74) is 2.83. The molecule has 136 valence electrons. The van der Waals surface area contributed by atoms with Gasteiger partial charge < -0.3 is 5.32 Å². The smallest absolute Gasteiger partial charge is 0.266 e. The third kappa shape index (κ3) is 3.70. The number of benzene rings is 2. The zero-order valence-corrected chi connectivity index (χ0v) is 16.1. The molecule has 0 aliphatic rings. The van der Waals surface area contributed by atoms with E-state index < -0.39 is 0 Å². The third-order valence-electron chi connectivity index (χ3n) is 4.76. The number of nitrogens with two attached hydrogens (primary N) is 1. The molecule has 0 aliphatic heterocycles. The lowest BCUT2D eigenvalue weighted by molar-refractivity contribution is -0.701. The van der Waals surface area contributed by atoms with Gasteiger partial charge in [0.2, 0.25) is 0 Å². The zero-order valence-electron chi connectivity index (χ0n) is 16.1. The van der Waals surface area contributed by atoms with Gasteiger partial charge in [0, 0.05) is 12.3 Å². The van der Waals surface area contributed by atoms with Crippen molar-refractivity contribution in [1.82, 2.24) is 9.55 Å². The Labute approximate surface area is 154 Å². The number of nitrogens with zero attached hydrogens (tertiary/aromatic N) is 2. The van der Waals surface area contributed by atoms with E-state index in [-0.39, 0.29) is 11.6 Å². The van der Waals surface area contributed by atoms with Crippen molar-refractivity contribution >= 4 is 10.9 Å². The predicted molar refractivity (Wildman–Crippen MR) is 107 cm³/mol. The maximum atomic E-state index is 13.3. The fourth-order valence-electron chi connectivity index (χ4n) is 3.23. The first kappa shape index (κ1) is 18.3. The molecule has 0 unspecified atom stereocenters. The van der Waals surface area contributed by atoms with Crippen molar-refractivity contribution in [2.45, 2.75) is 40.2 Å². The van der Waals surface area contributed by atoms with Crippen molar-refractivity contribution in [3.8, 4) is 5.69 Å². The molecule has 0 saturated carbocycles. The molecule has 0 amide bonds. The third-order valence-corrected chi connectivity index (χ3v) is 4.76. The first-order valence-corrected chi connectivity index (χ1v) is 9.43. The van der Waals surface area contributed by atoms with Gasteiger partial charge in [-0.05, 0) is 31.2 Å². The molecule has 0 bridgehead atoms. The monoisotopic (exact) mass is 350 g/mol. The number of aryl methyl sites for hydroxylation is 1. The quantitative estimate of drug-likeness (QED) is 0.741. The average Bonchev–Trinajstić information content (AvgIpc) is 2.63. The highest BCUT2D eigenvalue weighted by molar-refractivity contribution is 5.77. The normalized spacial score (nSPS) is 12.7. The minimum Gasteiger partial charge on any atom is -0.337 e. The minimum atomic E-state index is 0.00542. The van der Waals surface area contributed by atoms with Crippen LogP contribution in [0.2, 0.25) is 0 Å². The Morgan fingerprint density at radius 3 is 2.42 bits per heavy atom. The lowest BCUT2D eigenvalue weighted by atomic mass is 10.1. The van der Waals surface area contributed by atoms with Crippen LogP contribution in [-0.4, -0.2) is 16.1 Å². The molecule has 2 N–H and O–H groups in total. The van der Waals surface area contributed by atoms with Crippen molar-refractivity contribution in [3.63, 3.8) is 0 Å². The zero-order chi connectivity index (χ0) is 18.7. The molecule has 3 rings (SSSR count). The van der Waals surface area contributed by atoms with Crippen LogP contribution in [0.1, 0.15) is 44.6 Å². The maximum absolute atomic E-state index is 13.3. The highest BCUT2D eigenvalue weighted by Crippen LogP contribution is 2.18. The summed E-state index contributed by atoms with van der Waals surface area (Å²) in [7, 11) is 0. The molecule has 3 aromatic rings. The van der Waals surface area contributed by atoms with Crippen LogP contribution in [0.3, 0.4) is 0 Å². The van der Waals surface area contributed by atoms with Gasteiger partial charge in [-0.15, -0.1) is 0 Å². The number of para-hydroxylation sites is 1. The van der Waals surface area contributed by atoms with Gasteiger partial charge in [0.1, 0.15) is 6.04 Å². The van der Waals surface area contributed by atoms with Gasteiger partial charge in [0.15, 0.2) is 5.82 Å². The summed E-state index contributed by atoms with van der Waals surface area (Å²) in [5, 5.41) is 2.97. The summed E-state index contributed by atoms with van der Waals surface area (Å²) in [6, 6.07) is 15.9. The lowest BCUT2D eigenvalue weighted by Gasteiger charge is -2.20. The minimum absolute atomic E-state index is 0.00542. The number of aromatic nitrogens is 2. The molecule has 4 heteroatoms. The Morgan fingerprint density at radius 2 is 1.77 bits per heavy atom. The second kappa shape index (κ2) is 7.83. The molecule has 0 saturated heterocycles. The van der Waals surface area contributed by atoms with Gasteiger partial charge in [0.05, 0.1) is 23.1 Å². The predicted octanol–water partition coefficient (Wildman–Crippen LogP) is 3.36. The SMILES string of the molecule is CC[C@@H]([NH2+]CC(C)C)c1nc2ccccc2c(=O)n1-c1ccc(C)cc1. The summed E-state index contributed by atoms with van der Waals surface area (Å²) in [5.74, 6) is 1.42. The molecule has 4 nitrogen and oxygen atoms in total. The van der Waals surface area contributed by atoms with Crippen molar-refractivity contribution in [3.05, 3.63) is 70.3 Å². The van der Waals surface area contributed by atoms with Crippen LogP contribution >= 0.6 is 0 Å². The summed E-state index contributed by atoms with van der Waals surface area (Å²) in [4.78, 5) is 18.2. The van der Waals surface area contributed by atoms with E-state index in [0.717, 1.165) is 30.0 Å². The van der Waals surface area contributed by atoms with Gasteiger partial charge in [0.25, 0.3) is 5.56 Å². The molecule has 0 fully saturated rings. The van der Waals surface area contributed by atoms with Crippen LogP contribution < -0.4 is 10.9 Å². The van der Waals surface area contributed by atoms with Crippen molar-refractivity contribution in [2.75, 3.05) is 6.54 Å². The Morgan fingerprint density at radius 1 is 1.08 bits per heavy atom. The van der Waals surface area contributed by atoms with Gasteiger partial charge in [-0.2, -0.15) is 0 Å². The van der Waals surface area contributed by atoms with Gasteiger partial charge >= 0.3 is 0 Å². The summed E-state index contributed by atoms with van der Waals surface area (Å²) in [6.45, 7) is 9.64. The van der Waals surface area contributed by atoms with E-state index in [4.69, 9.17) is 4.98 Å². The topological polar surface area (TPSA) is 51.5 Å². The average molecular weight is 350 g/mol. The van der Waals surface area contributed by atoms with Crippen LogP contribution in [0.4, 0.5) is 0 Å². The molecular weight excluding hydrogens is 322 g/mol. The fourth-order valence-corrected chi connectivity index (χ4v) is 3.23. The Kier molecular flexibility index (Phi) is 5.52. The Balaban J connectivity index is 2.23. The molecule has 26 heavy (non-hydrogen) atoms. The van der Waals surface area contributed by atoms with Gasteiger partial charge in [-0.1, -0.05) is 50.6 Å². The number of hydrogen-bond donors (Lipinski definition) is 1. The largest absolute Gasteiger partial charge is 0.337 e. The van der Waals surface area contributed by atoms with Crippen LogP contribution in [0.5, 0.6) is 0 Å². The van der Waals surface area contributed by atoms with E-state index in [0.29, 0.717) is 11.3 Å². The first-order valence-electron chi connectivity index (χ1n) is 9.43. The van der Waals surface area contributed by atoms with Crippen LogP contribution in [-0.2, 0) is 0 Å². The van der Waals surface area contributed by atoms with Crippen molar-refractivity contribution in [1.29, 1.82) is 0 Å². The molecule has 0 spiro atoms. The van der Waals surface area contributed by atoms with E-state index in [2.05, 4.69) is 33.0 Å². The standard InChI is InChI=1S/C22H27N3O/c1-5-19(23-14-15(2)3)21-24-20-9-7-6-8-18(20)22(26)25(21)17-12-10-16(4)11-13-17/h6-13,15,19,23H,5,14H2,1-4H3/p+1/t19-/m1/s1. The van der Waals surface area contributed by atoms with Crippen molar-refractivity contribution in [2.24, 2.45) is 5.92 Å². The van der Waals surface area contributed by atoms with Crippen LogP contribution in [0.15, 0.2) is 53.3 Å². The van der Waals surface area contributed by atoms with E-state index in [9.17, 15) is 4.79 Å². The van der Waals surface area contributed by atoms with E-state index in [1.165, 1.54) is 5.56 Å². The highest BCUT2D eigenvalue weighted by Gasteiger charge is 2.22. The molecule has 2 aromatic carbocycles. The number of quaternary nitrogens is 1. The summed E-state index contributed by atoms with van der Waals surface area (Å²) in [6.07, 6.45) is 0.920. The molecule has 1 aromatic heterocycles. The van der Waals surface area contributed by atoms with Gasteiger partial charge in [-0.3, -0.25) is 9.36 Å². The molecule has 0 radical (unpaired) electrons. The Bertz CT molecular complexity index is 942. The Hall–Kier alpha value is -2.46. The number of rotatable bonds is 6. The first-order chi connectivity index (χ1) is 12.5. The van der Waals surface area contributed by atoms with Gasteiger partial charge in [-0.25, -0.2) is 4.98 Å². The maximum Gasteiger partial charge on any atom is 0.266 e. The highest BCUT2D eigenvalue weighted by atomic mass is 16.1. The summed E-state index contributed by atoms with van der Waals surface area (Å²) >= 11 is 0. The molecular formula is C22H28N3O+. The second-order valence-electron chi connectivity index (χ2n) is 7.34. The van der Waals surface area contributed by atoms with Crippen molar-refractivity contribution < 1.29 is 5.32 Å². The molecule has 1 atom stereocenters. The second-order valence-corrected chi connectivity index (χ2v) is 7.34. The molecule has 1 heterocycles. The fraction of sp³-hybridized carbons (Fsp3) is 0.364. The van der Waals surface area contributed by atoms with E-state index in [1.54, 1.807) is 4.57 Å². The molecule has 0 aliphatic carbocycles. The summed E-state index contributed by atoms with van der Waals surface area (Å²) < 4.78 is 1.80. The van der Waals surface area contributed by atoms with Crippen LogP contribution in [0.25, 0.3) is 16.6 Å². The number of fused-ring (bicyclic) bond motifs is 1. The lowest BCUT2D eigenvalue weighted by Crippen LogP contribution is -2.86.